The molecule has 1 unspecified atom stereocenters. The number of primary amides is 1. The lowest BCUT2D eigenvalue weighted by atomic mass is 10.2. The summed E-state index contributed by atoms with van der Waals surface area (Å²) in [5.41, 5.74) is 5.18. The number of amides is 1. The number of ether oxygens (including phenoxy) is 2. The molecule has 1 aromatic rings. The summed E-state index contributed by atoms with van der Waals surface area (Å²) >= 11 is 0. The Kier molecular flexibility index (Phi) is 5.07. The van der Waals surface area contributed by atoms with Gasteiger partial charge in [0, 0.05) is 25.2 Å². The largest absolute Gasteiger partial charge is 0.491 e. The first kappa shape index (κ1) is 15.2. The number of rotatable bonds is 6. The zero-order valence-electron chi connectivity index (χ0n) is 11.4. The van der Waals surface area contributed by atoms with E-state index in [4.69, 9.17) is 15.2 Å². The number of hydrogen-bond donors (Lipinski definition) is 1. The predicted octanol–water partition coefficient (Wildman–Crippen LogP) is 0.160. The Labute approximate surface area is 121 Å². The third kappa shape index (κ3) is 4.69. The summed E-state index contributed by atoms with van der Waals surface area (Å²) in [4.78, 5) is 22.9. The lowest BCUT2D eigenvalue weighted by Crippen LogP contribution is -2.47. The fraction of sp³-hybridized carbons (Fsp3) is 0.462. The average molecular weight is 295 g/mol. The first-order valence-electron chi connectivity index (χ1n) is 6.54. The van der Waals surface area contributed by atoms with E-state index in [-0.39, 0.29) is 24.2 Å². The van der Waals surface area contributed by atoms with E-state index >= 15 is 0 Å². The predicted molar refractivity (Wildman–Crippen MR) is 74.0 cm³/mol. The normalized spacial score (nSPS) is 19.1. The SMILES string of the molecule is NC(=O)CN1CCOC(COc2ccc([N+](=O)[O-])cc2)C1. The van der Waals surface area contributed by atoms with Crippen molar-refractivity contribution in [3.8, 4) is 5.75 Å². The van der Waals surface area contributed by atoms with Gasteiger partial charge in [-0.1, -0.05) is 0 Å². The van der Waals surface area contributed by atoms with E-state index in [1.54, 1.807) is 12.1 Å². The zero-order chi connectivity index (χ0) is 15.2. The molecule has 0 saturated carbocycles. The van der Waals surface area contributed by atoms with Gasteiger partial charge in [-0.05, 0) is 12.1 Å². The minimum atomic E-state index is -0.463. The number of carbonyl (C=O) groups excluding carboxylic acids is 1. The quantitative estimate of drug-likeness (QED) is 0.591. The Bertz CT molecular complexity index is 505. The van der Waals surface area contributed by atoms with Crippen molar-refractivity contribution >= 4 is 11.6 Å². The summed E-state index contributed by atoms with van der Waals surface area (Å²) in [5.74, 6) is 0.170. The summed E-state index contributed by atoms with van der Waals surface area (Å²) in [5, 5.41) is 10.5. The molecule has 1 atom stereocenters. The van der Waals surface area contributed by atoms with Crippen molar-refractivity contribution < 1.29 is 19.2 Å². The molecule has 2 N–H and O–H groups in total. The van der Waals surface area contributed by atoms with Crippen molar-refractivity contribution in [2.24, 2.45) is 5.73 Å². The van der Waals surface area contributed by atoms with Gasteiger partial charge in [-0.15, -0.1) is 0 Å². The van der Waals surface area contributed by atoms with Crippen LogP contribution in [0.3, 0.4) is 0 Å². The van der Waals surface area contributed by atoms with E-state index in [9.17, 15) is 14.9 Å². The number of hydrogen-bond acceptors (Lipinski definition) is 6. The molecule has 1 saturated heterocycles. The molecular weight excluding hydrogens is 278 g/mol. The van der Waals surface area contributed by atoms with Crippen LogP contribution in [0.1, 0.15) is 0 Å². The molecule has 1 fully saturated rings. The third-order valence-corrected chi connectivity index (χ3v) is 3.09. The van der Waals surface area contributed by atoms with Gasteiger partial charge < -0.3 is 15.2 Å². The number of benzene rings is 1. The maximum Gasteiger partial charge on any atom is 0.269 e. The summed E-state index contributed by atoms with van der Waals surface area (Å²) in [7, 11) is 0. The molecule has 1 aliphatic rings. The molecule has 8 nitrogen and oxygen atoms in total. The molecular formula is C13H17N3O5. The summed E-state index contributed by atoms with van der Waals surface area (Å²) < 4.78 is 11.1. The van der Waals surface area contributed by atoms with Gasteiger partial charge in [-0.3, -0.25) is 19.8 Å². The molecule has 21 heavy (non-hydrogen) atoms. The molecule has 0 aromatic heterocycles. The van der Waals surface area contributed by atoms with Crippen LogP contribution in [0.4, 0.5) is 5.69 Å². The van der Waals surface area contributed by atoms with Crippen LogP contribution in [0.15, 0.2) is 24.3 Å². The van der Waals surface area contributed by atoms with Gasteiger partial charge in [0.15, 0.2) is 0 Å². The minimum Gasteiger partial charge on any atom is -0.491 e. The Morgan fingerprint density at radius 3 is 2.81 bits per heavy atom. The van der Waals surface area contributed by atoms with Crippen LogP contribution in [-0.2, 0) is 9.53 Å². The van der Waals surface area contributed by atoms with Crippen LogP contribution in [0.5, 0.6) is 5.75 Å². The number of carbonyl (C=O) groups is 1. The van der Waals surface area contributed by atoms with Gasteiger partial charge in [0.1, 0.15) is 18.5 Å². The standard InChI is InChI=1S/C13H17N3O5/c14-13(17)8-15-5-6-20-12(7-15)9-21-11-3-1-10(2-4-11)16(18)19/h1-4,12H,5-9H2,(H2,14,17). The van der Waals surface area contributed by atoms with Crippen LogP contribution in [0, 0.1) is 10.1 Å². The lowest BCUT2D eigenvalue weighted by Gasteiger charge is -2.31. The van der Waals surface area contributed by atoms with E-state index in [0.29, 0.717) is 32.1 Å². The summed E-state index contributed by atoms with van der Waals surface area (Å²) in [6, 6.07) is 5.86. The molecule has 1 aromatic carbocycles. The molecule has 1 aliphatic heterocycles. The van der Waals surface area contributed by atoms with Gasteiger partial charge in [0.25, 0.3) is 5.69 Å². The van der Waals surface area contributed by atoms with Gasteiger partial charge >= 0.3 is 0 Å². The van der Waals surface area contributed by atoms with Crippen LogP contribution in [0.25, 0.3) is 0 Å². The molecule has 1 heterocycles. The first-order valence-corrected chi connectivity index (χ1v) is 6.54. The summed E-state index contributed by atoms with van der Waals surface area (Å²) in [6.07, 6.45) is -0.159. The second-order valence-electron chi connectivity index (χ2n) is 4.76. The van der Waals surface area contributed by atoms with Crippen LogP contribution in [0.2, 0.25) is 0 Å². The number of nitro benzene ring substituents is 1. The van der Waals surface area contributed by atoms with Gasteiger partial charge in [-0.25, -0.2) is 0 Å². The van der Waals surface area contributed by atoms with E-state index in [2.05, 4.69) is 0 Å². The third-order valence-electron chi connectivity index (χ3n) is 3.09. The molecule has 0 spiro atoms. The first-order chi connectivity index (χ1) is 10.0. The fourth-order valence-corrected chi connectivity index (χ4v) is 2.10. The van der Waals surface area contributed by atoms with E-state index in [1.165, 1.54) is 12.1 Å². The highest BCUT2D eigenvalue weighted by Gasteiger charge is 2.22. The Balaban J connectivity index is 1.82. The molecule has 0 aliphatic carbocycles. The van der Waals surface area contributed by atoms with Crippen molar-refractivity contribution in [1.29, 1.82) is 0 Å². The molecule has 0 radical (unpaired) electrons. The number of nitrogens with zero attached hydrogens (tertiary/aromatic N) is 2. The van der Waals surface area contributed by atoms with Crippen molar-refractivity contribution in [2.45, 2.75) is 6.10 Å². The zero-order valence-corrected chi connectivity index (χ0v) is 11.4. The molecule has 2 rings (SSSR count). The van der Waals surface area contributed by atoms with Crippen molar-refractivity contribution in [3.63, 3.8) is 0 Å². The van der Waals surface area contributed by atoms with Gasteiger partial charge in [0.05, 0.1) is 18.1 Å². The number of morpholine rings is 1. The van der Waals surface area contributed by atoms with E-state index in [1.807, 2.05) is 4.90 Å². The monoisotopic (exact) mass is 295 g/mol. The molecule has 0 bridgehead atoms. The van der Waals surface area contributed by atoms with Gasteiger partial charge in [-0.2, -0.15) is 0 Å². The topological polar surface area (TPSA) is 108 Å². The highest BCUT2D eigenvalue weighted by atomic mass is 16.6. The van der Waals surface area contributed by atoms with Crippen LogP contribution >= 0.6 is 0 Å². The second-order valence-corrected chi connectivity index (χ2v) is 4.76. The van der Waals surface area contributed by atoms with Gasteiger partial charge in [0.2, 0.25) is 5.91 Å². The molecule has 1 amide bonds. The number of non-ortho nitro benzene ring substituents is 1. The lowest BCUT2D eigenvalue weighted by molar-refractivity contribution is -0.384. The minimum absolute atomic E-state index is 0.0175. The highest BCUT2D eigenvalue weighted by Crippen LogP contribution is 2.18. The maximum absolute atomic E-state index is 10.9. The average Bonchev–Trinajstić information content (AvgIpc) is 2.45. The number of nitrogens with two attached hydrogens (primary N) is 1. The Hall–Kier alpha value is -2.19. The summed E-state index contributed by atoms with van der Waals surface area (Å²) in [6.45, 7) is 2.26. The van der Waals surface area contributed by atoms with Crippen molar-refractivity contribution in [2.75, 3.05) is 32.8 Å². The maximum atomic E-state index is 10.9. The van der Waals surface area contributed by atoms with Crippen molar-refractivity contribution in [3.05, 3.63) is 34.4 Å². The fourth-order valence-electron chi connectivity index (χ4n) is 2.10. The number of nitro groups is 1. The van der Waals surface area contributed by atoms with Crippen molar-refractivity contribution in [1.82, 2.24) is 4.90 Å². The van der Waals surface area contributed by atoms with E-state index < -0.39 is 4.92 Å². The van der Waals surface area contributed by atoms with Crippen LogP contribution < -0.4 is 10.5 Å². The second kappa shape index (κ2) is 7.00. The van der Waals surface area contributed by atoms with E-state index in [0.717, 1.165) is 0 Å². The highest BCUT2D eigenvalue weighted by molar-refractivity contribution is 5.75. The van der Waals surface area contributed by atoms with Crippen LogP contribution in [-0.4, -0.2) is 54.7 Å². The smallest absolute Gasteiger partial charge is 0.269 e. The Morgan fingerprint density at radius 2 is 2.19 bits per heavy atom. The Morgan fingerprint density at radius 1 is 1.48 bits per heavy atom. The molecule has 114 valence electrons. The molecule has 8 heteroatoms.